The third-order valence-electron chi connectivity index (χ3n) is 6.48. The maximum Gasteiger partial charge on any atom is 0.202 e. The third-order valence-corrected chi connectivity index (χ3v) is 7.48. The Hall–Kier alpha value is -3.03. The summed E-state index contributed by atoms with van der Waals surface area (Å²) in [4.78, 5) is 24.5. The van der Waals surface area contributed by atoms with Crippen molar-refractivity contribution in [2.75, 3.05) is 13.1 Å². The number of thiazole rings is 1. The van der Waals surface area contributed by atoms with Crippen molar-refractivity contribution in [1.82, 2.24) is 14.9 Å². The molecular weight excluding hydrogens is 434 g/mol. The van der Waals surface area contributed by atoms with Gasteiger partial charge in [-0.1, -0.05) is 13.0 Å². The number of likely N-dealkylation sites (tertiary alicyclic amines) is 1. The Balaban J connectivity index is 1.54. The first kappa shape index (κ1) is 21.8. The van der Waals surface area contributed by atoms with Gasteiger partial charge in [0, 0.05) is 36.6 Å². The maximum absolute atomic E-state index is 13.4. The van der Waals surface area contributed by atoms with E-state index < -0.39 is 0 Å². The molecule has 6 nitrogen and oxygen atoms in total. The lowest BCUT2D eigenvalue weighted by Crippen LogP contribution is -2.34. The summed E-state index contributed by atoms with van der Waals surface area (Å²) in [5, 5.41) is 14.2. The molecule has 1 saturated heterocycles. The molecule has 0 aliphatic carbocycles. The second kappa shape index (κ2) is 9.08. The lowest BCUT2D eigenvalue weighted by atomic mass is 9.91. The molecular formula is C26H27N3O3S. The summed E-state index contributed by atoms with van der Waals surface area (Å²) in [6.45, 7) is 6.25. The van der Waals surface area contributed by atoms with Gasteiger partial charge < -0.3 is 9.52 Å². The number of phenols is 1. The van der Waals surface area contributed by atoms with Crippen molar-refractivity contribution in [2.24, 2.45) is 0 Å². The van der Waals surface area contributed by atoms with E-state index in [1.807, 2.05) is 31.5 Å². The second-order valence-corrected chi connectivity index (χ2v) is 9.58. The van der Waals surface area contributed by atoms with Crippen LogP contribution in [-0.4, -0.2) is 33.1 Å². The van der Waals surface area contributed by atoms with Crippen molar-refractivity contribution in [3.63, 3.8) is 0 Å². The Labute approximate surface area is 196 Å². The average molecular weight is 462 g/mol. The molecule has 0 spiro atoms. The van der Waals surface area contributed by atoms with E-state index in [0.29, 0.717) is 46.0 Å². The summed E-state index contributed by atoms with van der Waals surface area (Å²) in [5.41, 5.74) is 4.41. The van der Waals surface area contributed by atoms with Crippen LogP contribution in [0.25, 0.3) is 21.5 Å². The fraction of sp³-hybridized carbons (Fsp3) is 0.346. The van der Waals surface area contributed by atoms with Crippen LogP contribution in [0.4, 0.5) is 0 Å². The van der Waals surface area contributed by atoms with Crippen LogP contribution in [-0.2, 0) is 13.0 Å². The highest BCUT2D eigenvalue weighted by atomic mass is 32.1. The van der Waals surface area contributed by atoms with E-state index in [4.69, 9.17) is 4.42 Å². The van der Waals surface area contributed by atoms with Crippen LogP contribution in [0.1, 0.15) is 48.1 Å². The fourth-order valence-corrected chi connectivity index (χ4v) is 5.54. The lowest BCUT2D eigenvalue weighted by molar-refractivity contribution is 0.198. The third kappa shape index (κ3) is 4.18. The van der Waals surface area contributed by atoms with Gasteiger partial charge in [-0.05, 0) is 61.9 Å². The minimum absolute atomic E-state index is 0.103. The van der Waals surface area contributed by atoms with Crippen molar-refractivity contribution < 1.29 is 9.52 Å². The van der Waals surface area contributed by atoms with Gasteiger partial charge in [-0.15, -0.1) is 11.3 Å². The number of fused-ring (bicyclic) bond motifs is 1. The number of pyridine rings is 1. The van der Waals surface area contributed by atoms with Crippen LogP contribution in [0.3, 0.4) is 0 Å². The molecule has 4 heterocycles. The topological polar surface area (TPSA) is 79.5 Å². The van der Waals surface area contributed by atoms with Crippen LogP contribution in [0.2, 0.25) is 0 Å². The van der Waals surface area contributed by atoms with E-state index >= 15 is 0 Å². The van der Waals surface area contributed by atoms with Crippen molar-refractivity contribution >= 4 is 22.3 Å². The molecule has 0 amide bonds. The summed E-state index contributed by atoms with van der Waals surface area (Å²) in [6.07, 6.45) is 8.06. The van der Waals surface area contributed by atoms with Crippen LogP contribution < -0.4 is 5.43 Å². The van der Waals surface area contributed by atoms with Crippen molar-refractivity contribution in [1.29, 1.82) is 0 Å². The largest absolute Gasteiger partial charge is 0.507 e. The van der Waals surface area contributed by atoms with E-state index in [-0.39, 0.29) is 11.2 Å². The number of hydrogen-bond acceptors (Lipinski definition) is 7. The molecule has 7 heteroatoms. The number of phenolic OH excluding ortho intramolecular Hbond substituents is 1. The van der Waals surface area contributed by atoms with Gasteiger partial charge in [0.2, 0.25) is 5.43 Å². The number of nitrogens with zero attached hydrogens (tertiary/aromatic N) is 3. The van der Waals surface area contributed by atoms with Gasteiger partial charge in [-0.2, -0.15) is 0 Å². The van der Waals surface area contributed by atoms with Gasteiger partial charge >= 0.3 is 0 Å². The summed E-state index contributed by atoms with van der Waals surface area (Å²) in [7, 11) is 0. The summed E-state index contributed by atoms with van der Waals surface area (Å²) in [5.74, 6) is 0.636. The van der Waals surface area contributed by atoms with E-state index in [0.717, 1.165) is 37.2 Å². The minimum atomic E-state index is -0.103. The smallest absolute Gasteiger partial charge is 0.202 e. The first-order valence-electron chi connectivity index (χ1n) is 11.4. The minimum Gasteiger partial charge on any atom is -0.507 e. The Morgan fingerprint density at radius 1 is 1.36 bits per heavy atom. The molecule has 0 saturated carbocycles. The number of aromatic hydroxyl groups is 1. The monoisotopic (exact) mass is 461 g/mol. The highest BCUT2D eigenvalue weighted by Crippen LogP contribution is 2.35. The van der Waals surface area contributed by atoms with Crippen LogP contribution in [0, 0.1) is 6.92 Å². The molecule has 0 unspecified atom stereocenters. The molecule has 4 aromatic rings. The zero-order valence-corrected chi connectivity index (χ0v) is 19.7. The standard InChI is InChI=1S/C26H27N3O3S/c1-3-17-10-20-24(31)22(26-28-16(2)15-33-26)14-32-25(20)21(23(17)30)13-29-9-5-7-19(12-29)18-6-4-8-27-11-18/h4,6,8,10-11,14-15,19,30H,3,5,7,9,12-13H2,1-2H3/t19-/m0/s1. The van der Waals surface area contributed by atoms with Gasteiger partial charge in [-0.25, -0.2) is 4.98 Å². The first-order chi connectivity index (χ1) is 16.0. The molecule has 170 valence electrons. The van der Waals surface area contributed by atoms with Crippen LogP contribution >= 0.6 is 11.3 Å². The Morgan fingerprint density at radius 2 is 2.24 bits per heavy atom. The number of aryl methyl sites for hydroxylation is 2. The number of rotatable bonds is 5. The Bertz CT molecular complexity index is 1350. The summed E-state index contributed by atoms with van der Waals surface area (Å²) in [6, 6.07) is 5.89. The number of hydrogen-bond donors (Lipinski definition) is 1. The van der Waals surface area contributed by atoms with Crippen molar-refractivity contribution in [3.8, 4) is 16.3 Å². The highest BCUT2D eigenvalue weighted by Gasteiger charge is 2.25. The van der Waals surface area contributed by atoms with Gasteiger partial charge in [0.1, 0.15) is 22.6 Å². The van der Waals surface area contributed by atoms with Gasteiger partial charge in [0.05, 0.1) is 16.5 Å². The molecule has 5 rings (SSSR count). The molecule has 1 aliphatic rings. The molecule has 1 N–H and O–H groups in total. The zero-order valence-electron chi connectivity index (χ0n) is 18.9. The highest BCUT2D eigenvalue weighted by molar-refractivity contribution is 7.13. The maximum atomic E-state index is 13.4. The quantitative estimate of drug-likeness (QED) is 0.436. The Morgan fingerprint density at radius 3 is 2.97 bits per heavy atom. The van der Waals surface area contributed by atoms with E-state index in [1.165, 1.54) is 23.2 Å². The molecule has 3 aromatic heterocycles. The van der Waals surface area contributed by atoms with E-state index in [9.17, 15) is 9.90 Å². The molecule has 1 aromatic carbocycles. The lowest BCUT2D eigenvalue weighted by Gasteiger charge is -2.33. The number of aromatic nitrogens is 2. The van der Waals surface area contributed by atoms with Gasteiger partial charge in [0.15, 0.2) is 0 Å². The van der Waals surface area contributed by atoms with Crippen LogP contribution in [0.15, 0.2) is 51.4 Å². The molecule has 33 heavy (non-hydrogen) atoms. The number of benzene rings is 1. The fourth-order valence-electron chi connectivity index (χ4n) is 4.75. The van der Waals surface area contributed by atoms with E-state index in [2.05, 4.69) is 20.9 Å². The van der Waals surface area contributed by atoms with Crippen molar-refractivity contribution in [3.05, 3.63) is 74.8 Å². The van der Waals surface area contributed by atoms with Gasteiger partial charge in [-0.3, -0.25) is 14.7 Å². The summed E-state index contributed by atoms with van der Waals surface area (Å²) < 4.78 is 6.02. The average Bonchev–Trinajstić information content (AvgIpc) is 3.27. The first-order valence-corrected chi connectivity index (χ1v) is 12.3. The van der Waals surface area contributed by atoms with E-state index in [1.54, 1.807) is 12.3 Å². The summed E-state index contributed by atoms with van der Waals surface area (Å²) >= 11 is 1.44. The van der Waals surface area contributed by atoms with Crippen LogP contribution in [0.5, 0.6) is 5.75 Å². The zero-order chi connectivity index (χ0) is 22.9. The molecule has 1 aliphatic heterocycles. The Kier molecular flexibility index (Phi) is 6.00. The predicted molar refractivity (Wildman–Crippen MR) is 131 cm³/mol. The molecule has 0 bridgehead atoms. The second-order valence-electron chi connectivity index (χ2n) is 8.73. The molecule has 1 atom stereocenters. The normalized spacial score (nSPS) is 17.0. The predicted octanol–water partition coefficient (Wildman–Crippen LogP) is 5.27. The number of piperidine rings is 1. The molecule has 1 fully saturated rings. The molecule has 0 radical (unpaired) electrons. The van der Waals surface area contributed by atoms with Gasteiger partial charge in [0.25, 0.3) is 0 Å². The van der Waals surface area contributed by atoms with Crippen molar-refractivity contribution in [2.45, 2.75) is 45.6 Å². The SMILES string of the molecule is CCc1cc2c(=O)c(-c3nc(C)cs3)coc2c(CN2CCC[C@H](c3cccnc3)C2)c1O.